The number of carbonyl (C=O) groups is 2. The molecule has 0 unspecified atom stereocenters. The quantitative estimate of drug-likeness (QED) is 0.530. The van der Waals surface area contributed by atoms with E-state index in [0.29, 0.717) is 13.2 Å². The Morgan fingerprint density at radius 2 is 1.89 bits per heavy atom. The van der Waals surface area contributed by atoms with E-state index in [1.807, 2.05) is 20.8 Å². The third-order valence-corrected chi connectivity index (χ3v) is 5.68. The molecule has 0 radical (unpaired) electrons. The monoisotopic (exact) mass is 413 g/mol. The van der Waals surface area contributed by atoms with Gasteiger partial charge in [-0.15, -0.1) is 0 Å². The summed E-state index contributed by atoms with van der Waals surface area (Å²) in [7, 11) is -3.69. The molecule has 1 aliphatic rings. The molecular weight excluding hydrogens is 386 g/mol. The smallest absolute Gasteiger partial charge is 0.338 e. The topological polar surface area (TPSA) is 114 Å². The minimum Gasteiger partial charge on any atom is -0.460 e. The van der Waals surface area contributed by atoms with Crippen LogP contribution in [0.1, 0.15) is 31.1 Å². The molecule has 0 bridgehead atoms. The molecule has 0 aromatic heterocycles. The van der Waals surface area contributed by atoms with E-state index >= 15 is 0 Å². The van der Waals surface area contributed by atoms with Crippen molar-refractivity contribution in [3.63, 3.8) is 0 Å². The second-order valence-corrected chi connectivity index (χ2v) is 9.25. The van der Waals surface area contributed by atoms with Crippen molar-refractivity contribution in [2.24, 2.45) is 0 Å². The third kappa shape index (κ3) is 6.47. The van der Waals surface area contributed by atoms with Crippen LogP contribution in [0.5, 0.6) is 0 Å². The second-order valence-electron chi connectivity index (χ2n) is 7.31. The summed E-state index contributed by atoms with van der Waals surface area (Å²) in [6, 6.07) is 5.37. The summed E-state index contributed by atoms with van der Waals surface area (Å²) in [6.07, 6.45) is 0. The molecule has 2 rings (SSSR count). The molecule has 0 saturated carbocycles. The largest absolute Gasteiger partial charge is 0.460 e. The molecule has 156 valence electrons. The van der Waals surface area contributed by atoms with Crippen LogP contribution in [0.2, 0.25) is 0 Å². The van der Waals surface area contributed by atoms with Crippen molar-refractivity contribution < 1.29 is 27.5 Å². The Bertz CT molecular complexity index is 798. The average molecular weight is 413 g/mol. The number of rotatable bonds is 6. The van der Waals surface area contributed by atoms with Gasteiger partial charge >= 0.3 is 12.0 Å². The molecule has 10 heteroatoms. The van der Waals surface area contributed by atoms with E-state index in [4.69, 9.17) is 9.47 Å². The number of hydrogen-bond donors (Lipinski definition) is 2. The maximum atomic E-state index is 12.7. The fourth-order valence-corrected chi connectivity index (χ4v) is 3.95. The van der Waals surface area contributed by atoms with Gasteiger partial charge in [0.05, 0.1) is 30.2 Å². The van der Waals surface area contributed by atoms with Crippen LogP contribution in [0, 0.1) is 0 Å². The van der Waals surface area contributed by atoms with Gasteiger partial charge in [-0.25, -0.2) is 18.0 Å². The Labute approximate surface area is 165 Å². The average Bonchev–Trinajstić information content (AvgIpc) is 2.64. The molecule has 0 spiro atoms. The van der Waals surface area contributed by atoms with Crippen LogP contribution >= 0.6 is 0 Å². The van der Waals surface area contributed by atoms with Gasteiger partial charge < -0.3 is 20.1 Å². The number of nitrogens with one attached hydrogen (secondary N) is 2. The molecule has 2 N–H and O–H groups in total. The van der Waals surface area contributed by atoms with Crippen molar-refractivity contribution >= 4 is 22.0 Å². The van der Waals surface area contributed by atoms with Crippen molar-refractivity contribution in [3.8, 4) is 0 Å². The molecule has 2 amide bonds. The van der Waals surface area contributed by atoms with Crippen LogP contribution in [0.15, 0.2) is 29.2 Å². The number of hydrogen-bond acceptors (Lipinski definition) is 6. The zero-order chi connectivity index (χ0) is 20.8. The van der Waals surface area contributed by atoms with E-state index in [1.54, 1.807) is 0 Å². The Balaban J connectivity index is 1.90. The fourth-order valence-electron chi connectivity index (χ4n) is 2.50. The number of ether oxygens (including phenoxy) is 2. The van der Waals surface area contributed by atoms with Gasteiger partial charge in [0.2, 0.25) is 10.0 Å². The molecule has 9 nitrogen and oxygen atoms in total. The van der Waals surface area contributed by atoms with Crippen LogP contribution in [-0.4, -0.2) is 69.7 Å². The standard InChI is InChI=1S/C18H27N3O6S/c1-18(2,3)20-17(23)19-7-10-27-16(22)14-5-4-6-15(13-14)28(24,25)21-8-11-26-12-9-21/h4-6,13H,7-12H2,1-3H3,(H2,19,20,23). The van der Waals surface area contributed by atoms with Gasteiger partial charge in [-0.1, -0.05) is 6.07 Å². The van der Waals surface area contributed by atoms with E-state index in [9.17, 15) is 18.0 Å². The van der Waals surface area contributed by atoms with Crippen LogP contribution in [0.25, 0.3) is 0 Å². The lowest BCUT2D eigenvalue weighted by Gasteiger charge is -2.26. The molecule has 0 atom stereocenters. The number of sulfonamides is 1. The number of amides is 2. The van der Waals surface area contributed by atoms with Gasteiger partial charge in [0.1, 0.15) is 6.61 Å². The highest BCUT2D eigenvalue weighted by atomic mass is 32.2. The van der Waals surface area contributed by atoms with E-state index < -0.39 is 16.0 Å². The number of esters is 1. The first-order valence-corrected chi connectivity index (χ1v) is 10.4. The zero-order valence-electron chi connectivity index (χ0n) is 16.4. The van der Waals surface area contributed by atoms with Crippen molar-refractivity contribution in [3.05, 3.63) is 29.8 Å². The minimum absolute atomic E-state index is 0.0309. The maximum Gasteiger partial charge on any atom is 0.338 e. The predicted octanol–water partition coefficient (Wildman–Crippen LogP) is 0.962. The Morgan fingerprint density at radius 3 is 2.54 bits per heavy atom. The third-order valence-electron chi connectivity index (χ3n) is 3.79. The summed E-state index contributed by atoms with van der Waals surface area (Å²) in [5.74, 6) is -0.656. The predicted molar refractivity (Wildman–Crippen MR) is 103 cm³/mol. The van der Waals surface area contributed by atoms with Crippen LogP contribution < -0.4 is 10.6 Å². The lowest BCUT2D eigenvalue weighted by molar-refractivity contribution is 0.0509. The van der Waals surface area contributed by atoms with Gasteiger partial charge in [-0.3, -0.25) is 0 Å². The highest BCUT2D eigenvalue weighted by molar-refractivity contribution is 7.89. The van der Waals surface area contributed by atoms with Crippen LogP contribution in [-0.2, 0) is 19.5 Å². The van der Waals surface area contributed by atoms with Gasteiger partial charge in [-0.05, 0) is 39.0 Å². The molecule has 28 heavy (non-hydrogen) atoms. The number of nitrogens with zero attached hydrogens (tertiary/aromatic N) is 1. The van der Waals surface area contributed by atoms with Crippen LogP contribution in [0.4, 0.5) is 4.79 Å². The zero-order valence-corrected chi connectivity index (χ0v) is 17.2. The first-order valence-electron chi connectivity index (χ1n) is 9.01. The first kappa shape index (κ1) is 22.1. The van der Waals surface area contributed by atoms with E-state index in [1.165, 1.54) is 28.6 Å². The number of carbonyl (C=O) groups excluding carboxylic acids is 2. The normalized spacial score (nSPS) is 15.7. The van der Waals surface area contributed by atoms with E-state index in [-0.39, 0.29) is 48.3 Å². The molecule has 0 aliphatic carbocycles. The van der Waals surface area contributed by atoms with Gasteiger partial charge in [0, 0.05) is 18.6 Å². The van der Waals surface area contributed by atoms with E-state index in [2.05, 4.69) is 10.6 Å². The molecule has 1 aromatic rings. The Kier molecular flexibility index (Phi) is 7.39. The summed E-state index contributed by atoms with van der Waals surface area (Å²) < 4.78 is 37.0. The van der Waals surface area contributed by atoms with Crippen molar-refractivity contribution in [2.75, 3.05) is 39.5 Å². The summed E-state index contributed by atoms with van der Waals surface area (Å²) >= 11 is 0. The summed E-state index contributed by atoms with van der Waals surface area (Å²) in [4.78, 5) is 23.9. The summed E-state index contributed by atoms with van der Waals surface area (Å²) in [5, 5.41) is 5.31. The van der Waals surface area contributed by atoms with Crippen molar-refractivity contribution in [2.45, 2.75) is 31.2 Å². The van der Waals surface area contributed by atoms with E-state index in [0.717, 1.165) is 0 Å². The molecule has 1 fully saturated rings. The Morgan fingerprint density at radius 1 is 1.21 bits per heavy atom. The summed E-state index contributed by atoms with van der Waals surface area (Å²) in [6.45, 7) is 6.90. The molecular formula is C18H27N3O6S. The lowest BCUT2D eigenvalue weighted by atomic mass is 10.1. The van der Waals surface area contributed by atoms with Gasteiger partial charge in [0.15, 0.2) is 0 Å². The molecule has 1 heterocycles. The van der Waals surface area contributed by atoms with Crippen LogP contribution in [0.3, 0.4) is 0 Å². The highest BCUT2D eigenvalue weighted by Crippen LogP contribution is 2.18. The van der Waals surface area contributed by atoms with Gasteiger partial charge in [-0.2, -0.15) is 4.31 Å². The number of benzene rings is 1. The molecule has 1 aromatic carbocycles. The SMILES string of the molecule is CC(C)(C)NC(=O)NCCOC(=O)c1cccc(S(=O)(=O)N2CCOCC2)c1. The Hall–Kier alpha value is -2.17. The number of urea groups is 1. The minimum atomic E-state index is -3.69. The summed E-state index contributed by atoms with van der Waals surface area (Å²) in [5.41, 5.74) is -0.235. The maximum absolute atomic E-state index is 12.7. The number of morpholine rings is 1. The lowest BCUT2D eigenvalue weighted by Crippen LogP contribution is -2.47. The van der Waals surface area contributed by atoms with Gasteiger partial charge in [0.25, 0.3) is 0 Å². The fraction of sp³-hybridized carbons (Fsp3) is 0.556. The molecule has 1 aliphatic heterocycles. The highest BCUT2D eigenvalue weighted by Gasteiger charge is 2.27. The van der Waals surface area contributed by atoms with Crippen molar-refractivity contribution in [1.29, 1.82) is 0 Å². The molecule has 1 saturated heterocycles. The first-order chi connectivity index (χ1) is 13.1. The van der Waals surface area contributed by atoms with Crippen molar-refractivity contribution in [1.82, 2.24) is 14.9 Å². The second kappa shape index (κ2) is 9.35.